The predicted molar refractivity (Wildman–Crippen MR) is 62.9 cm³/mol. The van der Waals surface area contributed by atoms with Crippen LogP contribution in [-0.2, 0) is 4.79 Å². The highest BCUT2D eigenvalue weighted by molar-refractivity contribution is 5.79. The Kier molecular flexibility index (Phi) is 3.59. The molecule has 0 saturated carbocycles. The number of anilines is 1. The third-order valence-electron chi connectivity index (χ3n) is 2.98. The maximum atomic E-state index is 13.2. The molecule has 0 aromatic carbocycles. The van der Waals surface area contributed by atoms with Crippen molar-refractivity contribution in [2.24, 2.45) is 5.92 Å². The Balaban J connectivity index is 2.12. The number of carbonyl (C=O) groups excluding carboxylic acids is 1. The molecule has 0 spiro atoms. The van der Waals surface area contributed by atoms with Crippen molar-refractivity contribution in [2.75, 3.05) is 32.1 Å². The molecule has 1 N–H and O–H groups in total. The van der Waals surface area contributed by atoms with Gasteiger partial charge in [0.05, 0.1) is 19.2 Å². The van der Waals surface area contributed by atoms with Gasteiger partial charge in [-0.3, -0.25) is 4.79 Å². The number of hydrogen-bond donors (Lipinski definition) is 1. The smallest absolute Gasteiger partial charge is 0.255 e. The maximum Gasteiger partial charge on any atom is 0.255 e. The minimum atomic E-state index is -0.594. The lowest BCUT2D eigenvalue weighted by Gasteiger charge is -2.16. The Bertz CT molecular complexity index is 455. The first-order chi connectivity index (χ1) is 8.65. The van der Waals surface area contributed by atoms with E-state index in [4.69, 9.17) is 4.74 Å². The van der Waals surface area contributed by atoms with Gasteiger partial charge in [-0.2, -0.15) is 9.37 Å². The topological polar surface area (TPSA) is 67.4 Å². The first kappa shape index (κ1) is 12.5. The molecule has 0 unspecified atom stereocenters. The van der Waals surface area contributed by atoms with E-state index >= 15 is 0 Å². The fraction of sp³-hybridized carbons (Fsp3) is 0.545. The van der Waals surface area contributed by atoms with Gasteiger partial charge in [-0.25, -0.2) is 4.98 Å². The lowest BCUT2D eigenvalue weighted by atomic mass is 10.1. The molecule has 1 aromatic rings. The maximum absolute atomic E-state index is 13.2. The lowest BCUT2D eigenvalue weighted by Crippen LogP contribution is -2.30. The van der Waals surface area contributed by atoms with Gasteiger partial charge in [0.25, 0.3) is 5.88 Å². The summed E-state index contributed by atoms with van der Waals surface area (Å²) in [5.74, 6) is -0.354. The van der Waals surface area contributed by atoms with Crippen LogP contribution in [0.15, 0.2) is 6.20 Å². The highest BCUT2D eigenvalue weighted by atomic mass is 19.1. The summed E-state index contributed by atoms with van der Waals surface area (Å²) >= 11 is 0. The first-order valence-electron chi connectivity index (χ1n) is 5.68. The molecule has 1 saturated heterocycles. The molecule has 98 valence electrons. The molecule has 6 nitrogen and oxygen atoms in total. The third kappa shape index (κ3) is 2.34. The van der Waals surface area contributed by atoms with Crippen LogP contribution in [-0.4, -0.2) is 43.1 Å². The molecule has 1 fully saturated rings. The molecular formula is C11H15FN4O2. The van der Waals surface area contributed by atoms with Crippen LogP contribution in [0.4, 0.5) is 10.3 Å². The van der Waals surface area contributed by atoms with Crippen LogP contribution < -0.4 is 15.0 Å². The van der Waals surface area contributed by atoms with Crippen molar-refractivity contribution in [3.8, 4) is 5.88 Å². The number of aromatic nitrogens is 2. The molecule has 1 aliphatic rings. The molecule has 0 bridgehead atoms. The number of ether oxygens (including phenoxy) is 1. The van der Waals surface area contributed by atoms with Crippen LogP contribution in [0.2, 0.25) is 0 Å². The van der Waals surface area contributed by atoms with E-state index in [-0.39, 0.29) is 17.7 Å². The zero-order valence-electron chi connectivity index (χ0n) is 10.3. The van der Waals surface area contributed by atoms with Crippen molar-refractivity contribution in [3.63, 3.8) is 0 Å². The molecular weight excluding hydrogens is 239 g/mol. The summed E-state index contributed by atoms with van der Waals surface area (Å²) in [5.41, 5.74) is 0. The SMILES string of the molecule is CNC(=O)[C@@H]1CCN(c2ncc(F)c(OC)n2)C1. The van der Waals surface area contributed by atoms with Crippen LogP contribution in [0.3, 0.4) is 0 Å². The number of halogens is 1. The Morgan fingerprint density at radius 1 is 1.67 bits per heavy atom. The summed E-state index contributed by atoms with van der Waals surface area (Å²) in [6.45, 7) is 1.21. The standard InChI is InChI=1S/C11H15FN4O2/c1-13-9(17)7-3-4-16(6-7)11-14-5-8(12)10(15-11)18-2/h5,7H,3-4,6H2,1-2H3,(H,13,17)/t7-/m1/s1. The summed E-state index contributed by atoms with van der Waals surface area (Å²) in [4.78, 5) is 21.2. The number of rotatable bonds is 3. The molecule has 1 aliphatic heterocycles. The molecule has 7 heteroatoms. The molecule has 2 rings (SSSR count). The fourth-order valence-electron chi connectivity index (χ4n) is 2.00. The Morgan fingerprint density at radius 2 is 2.44 bits per heavy atom. The average molecular weight is 254 g/mol. The van der Waals surface area contributed by atoms with E-state index < -0.39 is 5.82 Å². The van der Waals surface area contributed by atoms with Crippen molar-refractivity contribution in [1.82, 2.24) is 15.3 Å². The summed E-state index contributed by atoms with van der Waals surface area (Å²) in [5, 5.41) is 2.62. The van der Waals surface area contributed by atoms with E-state index in [2.05, 4.69) is 15.3 Å². The minimum Gasteiger partial charge on any atom is -0.479 e. The van der Waals surface area contributed by atoms with Gasteiger partial charge in [0.2, 0.25) is 17.7 Å². The molecule has 1 amide bonds. The van der Waals surface area contributed by atoms with E-state index in [0.29, 0.717) is 19.0 Å². The summed E-state index contributed by atoms with van der Waals surface area (Å²) in [6.07, 6.45) is 1.82. The molecule has 2 heterocycles. The average Bonchev–Trinajstić information content (AvgIpc) is 2.88. The van der Waals surface area contributed by atoms with Gasteiger partial charge < -0.3 is 15.0 Å². The number of nitrogens with zero attached hydrogens (tertiary/aromatic N) is 3. The first-order valence-corrected chi connectivity index (χ1v) is 5.68. The monoisotopic (exact) mass is 254 g/mol. The van der Waals surface area contributed by atoms with E-state index in [1.165, 1.54) is 7.11 Å². The third-order valence-corrected chi connectivity index (χ3v) is 2.98. The Morgan fingerprint density at radius 3 is 3.11 bits per heavy atom. The van der Waals surface area contributed by atoms with Gasteiger partial charge in [0, 0.05) is 20.1 Å². The zero-order valence-corrected chi connectivity index (χ0v) is 10.3. The molecule has 1 atom stereocenters. The van der Waals surface area contributed by atoms with E-state index in [0.717, 1.165) is 12.6 Å². The van der Waals surface area contributed by atoms with Gasteiger partial charge in [0.1, 0.15) is 0 Å². The number of amides is 1. The van der Waals surface area contributed by atoms with Crippen LogP contribution in [0, 0.1) is 11.7 Å². The van der Waals surface area contributed by atoms with Crippen LogP contribution >= 0.6 is 0 Å². The predicted octanol–water partition coefficient (Wildman–Crippen LogP) is 0.197. The van der Waals surface area contributed by atoms with Crippen molar-refractivity contribution in [2.45, 2.75) is 6.42 Å². The number of methoxy groups -OCH3 is 1. The summed E-state index contributed by atoms with van der Waals surface area (Å²) < 4.78 is 18.0. The number of nitrogens with one attached hydrogen (secondary N) is 1. The van der Waals surface area contributed by atoms with Gasteiger partial charge >= 0.3 is 0 Å². The van der Waals surface area contributed by atoms with Crippen molar-refractivity contribution in [3.05, 3.63) is 12.0 Å². The Hall–Kier alpha value is -1.92. The van der Waals surface area contributed by atoms with E-state index in [1.807, 2.05) is 4.90 Å². The van der Waals surface area contributed by atoms with Crippen molar-refractivity contribution >= 4 is 11.9 Å². The number of hydrogen-bond acceptors (Lipinski definition) is 5. The Labute approximate surface area is 104 Å². The van der Waals surface area contributed by atoms with Crippen LogP contribution in [0.1, 0.15) is 6.42 Å². The highest BCUT2D eigenvalue weighted by Crippen LogP contribution is 2.23. The fourth-order valence-corrected chi connectivity index (χ4v) is 2.00. The molecule has 0 radical (unpaired) electrons. The van der Waals surface area contributed by atoms with Gasteiger partial charge in [-0.15, -0.1) is 0 Å². The second kappa shape index (κ2) is 5.16. The molecule has 1 aromatic heterocycles. The van der Waals surface area contributed by atoms with Crippen LogP contribution in [0.5, 0.6) is 5.88 Å². The highest BCUT2D eigenvalue weighted by Gasteiger charge is 2.29. The summed E-state index contributed by atoms with van der Waals surface area (Å²) in [7, 11) is 2.97. The lowest BCUT2D eigenvalue weighted by molar-refractivity contribution is -0.123. The van der Waals surface area contributed by atoms with Gasteiger partial charge in [0.15, 0.2) is 0 Å². The zero-order chi connectivity index (χ0) is 13.1. The van der Waals surface area contributed by atoms with E-state index in [9.17, 15) is 9.18 Å². The molecule has 0 aliphatic carbocycles. The van der Waals surface area contributed by atoms with Crippen LogP contribution in [0.25, 0.3) is 0 Å². The van der Waals surface area contributed by atoms with Crippen molar-refractivity contribution in [1.29, 1.82) is 0 Å². The number of carbonyl (C=O) groups is 1. The quantitative estimate of drug-likeness (QED) is 0.834. The summed E-state index contributed by atoms with van der Waals surface area (Å²) in [6, 6.07) is 0. The van der Waals surface area contributed by atoms with Crippen molar-refractivity contribution < 1.29 is 13.9 Å². The second-order valence-corrected chi connectivity index (χ2v) is 4.07. The van der Waals surface area contributed by atoms with Gasteiger partial charge in [-0.05, 0) is 6.42 Å². The second-order valence-electron chi connectivity index (χ2n) is 4.07. The van der Waals surface area contributed by atoms with Gasteiger partial charge in [-0.1, -0.05) is 0 Å². The normalized spacial score (nSPS) is 18.8. The minimum absolute atomic E-state index is 0.00609. The largest absolute Gasteiger partial charge is 0.479 e. The molecule has 18 heavy (non-hydrogen) atoms. The van der Waals surface area contributed by atoms with E-state index in [1.54, 1.807) is 7.05 Å².